The van der Waals surface area contributed by atoms with Gasteiger partial charge in [0.2, 0.25) is 11.8 Å². The Morgan fingerprint density at radius 3 is 2.25 bits per heavy atom. The van der Waals surface area contributed by atoms with E-state index in [1.807, 2.05) is 6.92 Å². The monoisotopic (exact) mass is 324 g/mol. The molecule has 0 spiro atoms. The van der Waals surface area contributed by atoms with Gasteiger partial charge in [-0.1, -0.05) is 6.07 Å². The van der Waals surface area contributed by atoms with E-state index in [4.69, 9.17) is 0 Å². The minimum absolute atomic E-state index is 0.00627. The molecule has 3 amide bonds. The molecule has 0 saturated carbocycles. The molecule has 122 valence electrons. The number of phenolic OH excluding ortho intramolecular Hbond substituents is 1. The molecule has 2 N–H and O–H groups in total. The van der Waals surface area contributed by atoms with Crippen molar-refractivity contribution in [3.05, 3.63) is 53.6 Å². The van der Waals surface area contributed by atoms with Crippen molar-refractivity contribution < 1.29 is 19.5 Å². The standard InChI is InChI=1S/C18H16N2O4/c1-11-2-7-14(15(21)10-11)19-18(24)12-3-5-13(6-4-12)20-16(22)8-9-17(20)23/h2-7,10,21H,8-9H2,1H3,(H,19,24). The number of aryl methyl sites for hydroxylation is 1. The van der Waals surface area contributed by atoms with Gasteiger partial charge in [0, 0.05) is 18.4 Å². The van der Waals surface area contributed by atoms with Crippen LogP contribution in [-0.2, 0) is 9.59 Å². The Morgan fingerprint density at radius 1 is 1.04 bits per heavy atom. The van der Waals surface area contributed by atoms with Gasteiger partial charge < -0.3 is 10.4 Å². The Morgan fingerprint density at radius 2 is 1.67 bits per heavy atom. The fourth-order valence-electron chi connectivity index (χ4n) is 2.57. The number of nitrogens with zero attached hydrogens (tertiary/aromatic N) is 1. The Hall–Kier alpha value is -3.15. The lowest BCUT2D eigenvalue weighted by Gasteiger charge is -2.14. The zero-order valence-electron chi connectivity index (χ0n) is 13.1. The summed E-state index contributed by atoms with van der Waals surface area (Å²) in [6.45, 7) is 1.84. The van der Waals surface area contributed by atoms with Crippen LogP contribution >= 0.6 is 0 Å². The number of phenols is 1. The zero-order valence-corrected chi connectivity index (χ0v) is 13.1. The summed E-state index contributed by atoms with van der Waals surface area (Å²) in [5.41, 5.74) is 2.02. The minimum atomic E-state index is -0.389. The maximum Gasteiger partial charge on any atom is 0.255 e. The van der Waals surface area contributed by atoms with Gasteiger partial charge in [0.15, 0.2) is 0 Å². The van der Waals surface area contributed by atoms with Crippen molar-refractivity contribution in [3.63, 3.8) is 0 Å². The molecule has 0 radical (unpaired) electrons. The maximum absolute atomic E-state index is 12.2. The summed E-state index contributed by atoms with van der Waals surface area (Å²) in [4.78, 5) is 36.8. The van der Waals surface area contributed by atoms with E-state index in [-0.39, 0.29) is 36.3 Å². The predicted molar refractivity (Wildman–Crippen MR) is 89.0 cm³/mol. The average molecular weight is 324 g/mol. The molecule has 2 aromatic carbocycles. The van der Waals surface area contributed by atoms with E-state index in [9.17, 15) is 19.5 Å². The van der Waals surface area contributed by atoms with Crippen LogP contribution in [0, 0.1) is 6.92 Å². The number of amides is 3. The summed E-state index contributed by atoms with van der Waals surface area (Å²) >= 11 is 0. The van der Waals surface area contributed by atoms with Crippen LogP contribution in [-0.4, -0.2) is 22.8 Å². The van der Waals surface area contributed by atoms with Gasteiger partial charge in [-0.15, -0.1) is 0 Å². The van der Waals surface area contributed by atoms with E-state index < -0.39 is 0 Å². The van der Waals surface area contributed by atoms with Gasteiger partial charge in [-0.2, -0.15) is 0 Å². The molecule has 0 unspecified atom stereocenters. The topological polar surface area (TPSA) is 86.7 Å². The van der Waals surface area contributed by atoms with E-state index in [0.717, 1.165) is 10.5 Å². The first-order valence-electron chi connectivity index (χ1n) is 7.52. The Bertz CT molecular complexity index is 811. The van der Waals surface area contributed by atoms with Gasteiger partial charge in [-0.05, 0) is 48.9 Å². The molecule has 0 atom stereocenters. The first-order chi connectivity index (χ1) is 11.5. The Kier molecular flexibility index (Phi) is 4.04. The molecular formula is C18H16N2O4. The lowest BCUT2D eigenvalue weighted by molar-refractivity contribution is -0.121. The molecule has 1 aliphatic rings. The van der Waals surface area contributed by atoms with Gasteiger partial charge in [0.05, 0.1) is 11.4 Å². The van der Waals surface area contributed by atoms with Gasteiger partial charge >= 0.3 is 0 Å². The number of hydrogen-bond donors (Lipinski definition) is 2. The Balaban J connectivity index is 1.76. The van der Waals surface area contributed by atoms with Crippen molar-refractivity contribution in [2.24, 2.45) is 0 Å². The molecule has 1 fully saturated rings. The molecule has 1 saturated heterocycles. The number of imide groups is 1. The van der Waals surface area contributed by atoms with Gasteiger partial charge in [0.25, 0.3) is 5.91 Å². The third-order valence-corrected chi connectivity index (χ3v) is 3.84. The van der Waals surface area contributed by atoms with Crippen molar-refractivity contribution in [1.29, 1.82) is 0 Å². The summed E-state index contributed by atoms with van der Waals surface area (Å²) < 4.78 is 0. The summed E-state index contributed by atoms with van der Waals surface area (Å²) in [5.74, 6) is -0.864. The van der Waals surface area contributed by atoms with Gasteiger partial charge in [-0.3, -0.25) is 19.3 Å². The number of benzene rings is 2. The molecule has 0 aromatic heterocycles. The van der Waals surface area contributed by atoms with Crippen molar-refractivity contribution in [3.8, 4) is 5.75 Å². The quantitative estimate of drug-likeness (QED) is 0.671. The third kappa shape index (κ3) is 2.99. The van der Waals surface area contributed by atoms with Crippen LogP contribution in [0.3, 0.4) is 0 Å². The number of carbonyl (C=O) groups excluding carboxylic acids is 3. The van der Waals surface area contributed by atoms with Gasteiger partial charge in [0.1, 0.15) is 5.75 Å². The molecule has 6 nitrogen and oxygen atoms in total. The molecule has 0 bridgehead atoms. The third-order valence-electron chi connectivity index (χ3n) is 3.84. The second-order valence-electron chi connectivity index (χ2n) is 5.64. The molecule has 1 aliphatic heterocycles. The number of carbonyl (C=O) groups is 3. The molecule has 1 heterocycles. The van der Waals surface area contributed by atoms with Crippen LogP contribution in [0.2, 0.25) is 0 Å². The minimum Gasteiger partial charge on any atom is -0.506 e. The highest BCUT2D eigenvalue weighted by Crippen LogP contribution is 2.26. The number of anilines is 2. The SMILES string of the molecule is Cc1ccc(NC(=O)c2ccc(N3C(=O)CCC3=O)cc2)c(O)c1. The first kappa shape index (κ1) is 15.7. The van der Waals surface area contributed by atoms with Crippen LogP contribution in [0.5, 0.6) is 5.75 Å². The second kappa shape index (κ2) is 6.16. The molecule has 0 aliphatic carbocycles. The molecule has 6 heteroatoms. The smallest absolute Gasteiger partial charge is 0.255 e. The van der Waals surface area contributed by atoms with Crippen molar-refractivity contribution in [1.82, 2.24) is 0 Å². The lowest BCUT2D eigenvalue weighted by Crippen LogP contribution is -2.28. The highest BCUT2D eigenvalue weighted by atomic mass is 16.3. The molecule has 2 aromatic rings. The summed E-state index contributed by atoms with van der Waals surface area (Å²) in [5, 5.41) is 12.5. The van der Waals surface area contributed by atoms with Crippen molar-refractivity contribution >= 4 is 29.1 Å². The largest absolute Gasteiger partial charge is 0.506 e. The maximum atomic E-state index is 12.2. The normalized spacial score (nSPS) is 14.1. The highest BCUT2D eigenvalue weighted by molar-refractivity contribution is 6.20. The Labute approximate surface area is 138 Å². The fourth-order valence-corrected chi connectivity index (χ4v) is 2.57. The van der Waals surface area contributed by atoms with Crippen molar-refractivity contribution in [2.75, 3.05) is 10.2 Å². The molecular weight excluding hydrogens is 308 g/mol. The second-order valence-corrected chi connectivity index (χ2v) is 5.64. The van der Waals surface area contributed by atoms with Crippen LogP contribution in [0.25, 0.3) is 0 Å². The fraction of sp³-hybridized carbons (Fsp3) is 0.167. The zero-order chi connectivity index (χ0) is 17.3. The summed E-state index contributed by atoms with van der Waals surface area (Å²) in [7, 11) is 0. The van der Waals surface area contributed by atoms with Crippen LogP contribution in [0.15, 0.2) is 42.5 Å². The van der Waals surface area contributed by atoms with Crippen LogP contribution < -0.4 is 10.2 Å². The number of rotatable bonds is 3. The van der Waals surface area contributed by atoms with Crippen molar-refractivity contribution in [2.45, 2.75) is 19.8 Å². The van der Waals surface area contributed by atoms with E-state index >= 15 is 0 Å². The van der Waals surface area contributed by atoms with Crippen LogP contribution in [0.1, 0.15) is 28.8 Å². The van der Waals surface area contributed by atoms with E-state index in [1.54, 1.807) is 30.3 Å². The summed E-state index contributed by atoms with van der Waals surface area (Å²) in [6, 6.07) is 11.2. The summed E-state index contributed by atoms with van der Waals surface area (Å²) in [6.07, 6.45) is 0.432. The number of aromatic hydroxyl groups is 1. The van der Waals surface area contributed by atoms with Gasteiger partial charge in [-0.25, -0.2) is 0 Å². The van der Waals surface area contributed by atoms with E-state index in [1.165, 1.54) is 12.1 Å². The molecule has 3 rings (SSSR count). The average Bonchev–Trinajstić information content (AvgIpc) is 2.89. The predicted octanol–water partition coefficient (Wildman–Crippen LogP) is 2.61. The van der Waals surface area contributed by atoms with Crippen LogP contribution in [0.4, 0.5) is 11.4 Å². The lowest BCUT2D eigenvalue weighted by atomic mass is 10.1. The highest BCUT2D eigenvalue weighted by Gasteiger charge is 2.30. The van der Waals surface area contributed by atoms with E-state index in [2.05, 4.69) is 5.32 Å². The number of hydrogen-bond acceptors (Lipinski definition) is 4. The molecule has 24 heavy (non-hydrogen) atoms. The number of nitrogens with one attached hydrogen (secondary N) is 1. The first-order valence-corrected chi connectivity index (χ1v) is 7.52. The van der Waals surface area contributed by atoms with E-state index in [0.29, 0.717) is 16.9 Å².